The fourth-order valence-electron chi connectivity index (χ4n) is 2.33. The molecule has 0 saturated heterocycles. The van der Waals surface area contributed by atoms with E-state index in [1.807, 2.05) is 0 Å². The number of benzene rings is 2. The zero-order valence-electron chi connectivity index (χ0n) is 14.6. The minimum atomic E-state index is -0.882. The van der Waals surface area contributed by atoms with E-state index < -0.39 is 11.9 Å². The fourth-order valence-corrected chi connectivity index (χ4v) is 2.51. The van der Waals surface area contributed by atoms with Crippen LogP contribution in [0.5, 0.6) is 11.5 Å². The van der Waals surface area contributed by atoms with Crippen molar-refractivity contribution >= 4 is 29.2 Å². The van der Waals surface area contributed by atoms with Gasteiger partial charge < -0.3 is 15.2 Å². The quantitative estimate of drug-likeness (QED) is 0.734. The second-order valence-electron chi connectivity index (χ2n) is 6.07. The predicted molar refractivity (Wildman–Crippen MR) is 101 cm³/mol. The molecule has 0 aliphatic carbocycles. The molecule has 0 heterocycles. The van der Waals surface area contributed by atoms with Crippen LogP contribution in [0.3, 0.4) is 0 Å². The summed E-state index contributed by atoms with van der Waals surface area (Å²) in [5, 5.41) is 12.3. The number of carbonyl (C=O) groups is 2. The number of hydrogen-bond donors (Lipinski definition) is 2. The van der Waals surface area contributed by atoms with Gasteiger partial charge >= 0.3 is 5.97 Å². The Morgan fingerprint density at radius 3 is 2.50 bits per heavy atom. The predicted octanol–water partition coefficient (Wildman–Crippen LogP) is 3.72. The number of amides is 1. The lowest BCUT2D eigenvalue weighted by molar-refractivity contribution is -0.141. The van der Waals surface area contributed by atoms with E-state index in [4.69, 9.17) is 21.4 Å². The van der Waals surface area contributed by atoms with Gasteiger partial charge in [0.1, 0.15) is 11.5 Å². The molecular weight excluding hydrogens is 356 g/mol. The zero-order valence-corrected chi connectivity index (χ0v) is 15.4. The van der Waals surface area contributed by atoms with Crippen molar-refractivity contribution in [2.45, 2.75) is 6.92 Å². The third-order valence-electron chi connectivity index (χ3n) is 3.59. The molecule has 1 atom stereocenters. The number of ether oxygens (including phenoxy) is 1. The molecule has 0 aromatic heterocycles. The maximum atomic E-state index is 12.0. The van der Waals surface area contributed by atoms with Crippen molar-refractivity contribution in [2.24, 2.45) is 5.92 Å². The summed E-state index contributed by atoms with van der Waals surface area (Å²) >= 11 is 5.92. The number of nitrogens with zero attached hydrogens (tertiary/aromatic N) is 1. The van der Waals surface area contributed by atoms with Crippen molar-refractivity contribution < 1.29 is 19.4 Å². The Hall–Kier alpha value is -2.57. The second kappa shape index (κ2) is 9.22. The van der Waals surface area contributed by atoms with Crippen molar-refractivity contribution in [3.8, 4) is 11.5 Å². The summed E-state index contributed by atoms with van der Waals surface area (Å²) in [6, 6.07) is 14.0. The largest absolute Gasteiger partial charge is 0.481 e. The summed E-state index contributed by atoms with van der Waals surface area (Å²) in [7, 11) is 1.71. The van der Waals surface area contributed by atoms with Gasteiger partial charge in [0.05, 0.1) is 12.5 Å². The van der Waals surface area contributed by atoms with Gasteiger partial charge in [-0.2, -0.15) is 0 Å². The van der Waals surface area contributed by atoms with Crippen molar-refractivity contribution in [3.05, 3.63) is 53.6 Å². The number of carboxylic acid groups (broad SMARTS) is 1. The van der Waals surface area contributed by atoms with E-state index in [1.54, 1.807) is 67.4 Å². The molecular formula is C19H21ClN2O4. The van der Waals surface area contributed by atoms with Crippen molar-refractivity contribution in [1.29, 1.82) is 0 Å². The Morgan fingerprint density at radius 1 is 1.19 bits per heavy atom. The topological polar surface area (TPSA) is 78.9 Å². The minimum Gasteiger partial charge on any atom is -0.481 e. The lowest BCUT2D eigenvalue weighted by Gasteiger charge is -2.18. The van der Waals surface area contributed by atoms with Gasteiger partial charge in [-0.25, -0.2) is 0 Å². The molecule has 1 amide bonds. The summed E-state index contributed by atoms with van der Waals surface area (Å²) in [6.45, 7) is 2.02. The zero-order chi connectivity index (χ0) is 19.1. The first-order chi connectivity index (χ1) is 12.3. The number of rotatable bonds is 8. The fraction of sp³-hybridized carbons (Fsp3) is 0.263. The summed E-state index contributed by atoms with van der Waals surface area (Å²) in [5.74, 6) is -0.377. The molecule has 0 aliphatic heterocycles. The number of halogens is 1. The third kappa shape index (κ3) is 6.38. The number of nitrogens with one attached hydrogen (secondary N) is 1. The van der Waals surface area contributed by atoms with Crippen LogP contribution in [0.15, 0.2) is 48.5 Å². The van der Waals surface area contributed by atoms with Gasteiger partial charge in [-0.1, -0.05) is 24.6 Å². The molecule has 1 unspecified atom stereocenters. The molecule has 26 heavy (non-hydrogen) atoms. The van der Waals surface area contributed by atoms with Crippen molar-refractivity contribution in [1.82, 2.24) is 4.90 Å². The van der Waals surface area contributed by atoms with Crippen molar-refractivity contribution in [2.75, 3.05) is 25.5 Å². The lowest BCUT2D eigenvalue weighted by Crippen LogP contribution is -2.35. The molecule has 2 N–H and O–H groups in total. The highest BCUT2D eigenvalue weighted by molar-refractivity contribution is 6.30. The number of anilines is 1. The first-order valence-corrected chi connectivity index (χ1v) is 8.46. The van der Waals surface area contributed by atoms with Crippen LogP contribution in [-0.4, -0.2) is 42.0 Å². The summed E-state index contributed by atoms with van der Waals surface area (Å²) in [5.41, 5.74) is 0.633. The smallest absolute Gasteiger partial charge is 0.307 e. The number of likely N-dealkylation sites (N-methyl/N-ethyl adjacent to an activating group) is 1. The highest BCUT2D eigenvalue weighted by atomic mass is 35.5. The number of aliphatic carboxylic acids is 1. The molecule has 2 aromatic carbocycles. The highest BCUT2D eigenvalue weighted by Crippen LogP contribution is 2.25. The van der Waals surface area contributed by atoms with Gasteiger partial charge in [0.25, 0.3) is 0 Å². The SMILES string of the molecule is CC(CN(C)CC(=O)Nc1ccc(Oc2cccc(Cl)c2)cc1)C(=O)O. The molecule has 6 nitrogen and oxygen atoms in total. The van der Waals surface area contributed by atoms with Crippen LogP contribution in [0.25, 0.3) is 0 Å². The maximum Gasteiger partial charge on any atom is 0.307 e. The first kappa shape index (κ1) is 19.8. The van der Waals surface area contributed by atoms with E-state index in [-0.39, 0.29) is 12.5 Å². The molecule has 0 radical (unpaired) electrons. The third-order valence-corrected chi connectivity index (χ3v) is 3.83. The van der Waals surface area contributed by atoms with Crippen LogP contribution in [0.2, 0.25) is 5.02 Å². The van der Waals surface area contributed by atoms with E-state index >= 15 is 0 Å². The molecule has 0 fully saturated rings. The summed E-state index contributed by atoms with van der Waals surface area (Å²) in [6.07, 6.45) is 0. The summed E-state index contributed by atoms with van der Waals surface area (Å²) in [4.78, 5) is 24.6. The van der Waals surface area contributed by atoms with Crippen LogP contribution in [0.4, 0.5) is 5.69 Å². The Morgan fingerprint density at radius 2 is 1.88 bits per heavy atom. The standard InChI is InChI=1S/C19H21ClN2O4/c1-13(19(24)25)11-22(2)12-18(23)21-15-6-8-16(9-7-15)26-17-5-3-4-14(20)10-17/h3-10,13H,11-12H2,1-2H3,(H,21,23)(H,24,25). The highest BCUT2D eigenvalue weighted by Gasteiger charge is 2.15. The Balaban J connectivity index is 1.86. The average molecular weight is 377 g/mol. The lowest BCUT2D eigenvalue weighted by atomic mass is 10.2. The Kier molecular flexibility index (Phi) is 7.00. The summed E-state index contributed by atoms with van der Waals surface area (Å²) < 4.78 is 5.69. The van der Waals surface area contributed by atoms with Gasteiger partial charge in [-0.15, -0.1) is 0 Å². The van der Waals surface area contributed by atoms with Gasteiger partial charge in [0, 0.05) is 17.3 Å². The number of hydrogen-bond acceptors (Lipinski definition) is 4. The molecule has 2 aromatic rings. The monoisotopic (exact) mass is 376 g/mol. The average Bonchev–Trinajstić information content (AvgIpc) is 2.56. The van der Waals surface area contributed by atoms with Crippen molar-refractivity contribution in [3.63, 3.8) is 0 Å². The van der Waals surface area contributed by atoms with E-state index in [1.165, 1.54) is 0 Å². The molecule has 2 rings (SSSR count). The van der Waals surface area contributed by atoms with E-state index in [2.05, 4.69) is 5.32 Å². The Bertz CT molecular complexity index is 764. The molecule has 0 bridgehead atoms. The molecule has 7 heteroatoms. The van der Waals surface area contributed by atoms with Crippen LogP contribution >= 0.6 is 11.6 Å². The first-order valence-electron chi connectivity index (χ1n) is 8.08. The minimum absolute atomic E-state index is 0.110. The maximum absolute atomic E-state index is 12.0. The van der Waals surface area contributed by atoms with Crippen LogP contribution in [0, 0.1) is 5.92 Å². The number of carboxylic acids is 1. The molecule has 0 aliphatic rings. The molecule has 138 valence electrons. The van der Waals surface area contributed by atoms with Gasteiger partial charge in [0.2, 0.25) is 5.91 Å². The van der Waals surface area contributed by atoms with Gasteiger partial charge in [-0.3, -0.25) is 14.5 Å². The normalized spacial score (nSPS) is 11.8. The Labute approximate surface area is 157 Å². The van der Waals surface area contributed by atoms with E-state index in [0.29, 0.717) is 28.8 Å². The van der Waals surface area contributed by atoms with Crippen LogP contribution in [-0.2, 0) is 9.59 Å². The van der Waals surface area contributed by atoms with E-state index in [9.17, 15) is 9.59 Å². The van der Waals surface area contributed by atoms with Crippen LogP contribution in [0.1, 0.15) is 6.92 Å². The second-order valence-corrected chi connectivity index (χ2v) is 6.50. The molecule has 0 saturated carbocycles. The van der Waals surface area contributed by atoms with Crippen LogP contribution < -0.4 is 10.1 Å². The molecule has 0 spiro atoms. The van der Waals surface area contributed by atoms with Gasteiger partial charge in [-0.05, 0) is 49.5 Å². The van der Waals surface area contributed by atoms with Gasteiger partial charge in [0.15, 0.2) is 0 Å². The number of carbonyl (C=O) groups excluding carboxylic acids is 1. The van der Waals surface area contributed by atoms with E-state index in [0.717, 1.165) is 0 Å².